The Kier molecular flexibility index (Phi) is 3.84. The topological polar surface area (TPSA) is 88.9 Å². The lowest BCUT2D eigenvalue weighted by atomic mass is 10.1. The van der Waals surface area contributed by atoms with E-state index in [4.69, 9.17) is 0 Å². The zero-order chi connectivity index (χ0) is 14.7. The van der Waals surface area contributed by atoms with Crippen molar-refractivity contribution >= 4 is 11.5 Å². The summed E-state index contributed by atoms with van der Waals surface area (Å²) in [6.45, 7) is 0.308. The Morgan fingerprint density at radius 2 is 1.80 bits per heavy atom. The molecule has 0 amide bonds. The van der Waals surface area contributed by atoms with Gasteiger partial charge in [-0.25, -0.2) is 4.98 Å². The first-order valence-corrected chi connectivity index (χ1v) is 6.09. The molecule has 0 unspecified atom stereocenters. The highest BCUT2D eigenvalue weighted by atomic mass is 16.3. The summed E-state index contributed by atoms with van der Waals surface area (Å²) in [6, 6.07) is 6.62. The van der Waals surface area contributed by atoms with Crippen LogP contribution < -0.4 is 10.2 Å². The SMILES string of the molecule is CN(C)c1ccc(NCc2ccc(O)c(O)c2O)cn1. The normalized spacial score (nSPS) is 10.3. The quantitative estimate of drug-likeness (QED) is 0.637. The number of aromatic hydroxyl groups is 3. The molecule has 0 aliphatic rings. The first-order valence-electron chi connectivity index (χ1n) is 6.09. The second-order valence-electron chi connectivity index (χ2n) is 4.59. The van der Waals surface area contributed by atoms with Crippen LogP contribution in [0.3, 0.4) is 0 Å². The lowest BCUT2D eigenvalue weighted by molar-refractivity contribution is 0.365. The van der Waals surface area contributed by atoms with Crippen LogP contribution in [0, 0.1) is 0 Å². The molecule has 106 valence electrons. The van der Waals surface area contributed by atoms with Gasteiger partial charge in [0.25, 0.3) is 0 Å². The molecule has 0 spiro atoms. The third kappa shape index (κ3) is 2.85. The van der Waals surface area contributed by atoms with Crippen molar-refractivity contribution in [2.75, 3.05) is 24.3 Å². The zero-order valence-electron chi connectivity index (χ0n) is 11.3. The Balaban J connectivity index is 2.07. The van der Waals surface area contributed by atoms with E-state index in [1.165, 1.54) is 6.07 Å². The van der Waals surface area contributed by atoms with Gasteiger partial charge in [0, 0.05) is 26.2 Å². The Hall–Kier alpha value is -2.63. The summed E-state index contributed by atoms with van der Waals surface area (Å²) >= 11 is 0. The van der Waals surface area contributed by atoms with Gasteiger partial charge >= 0.3 is 0 Å². The van der Waals surface area contributed by atoms with Crippen molar-refractivity contribution in [2.24, 2.45) is 0 Å². The highest BCUT2D eigenvalue weighted by Gasteiger charge is 2.10. The molecular formula is C14H17N3O3. The number of hydrogen-bond acceptors (Lipinski definition) is 6. The van der Waals surface area contributed by atoms with Crippen LogP contribution >= 0.6 is 0 Å². The summed E-state index contributed by atoms with van der Waals surface area (Å²) in [5, 5.41) is 31.5. The largest absolute Gasteiger partial charge is 0.504 e. The molecule has 0 aliphatic heterocycles. The molecule has 0 fully saturated rings. The maximum Gasteiger partial charge on any atom is 0.200 e. The summed E-state index contributed by atoms with van der Waals surface area (Å²) in [7, 11) is 3.82. The number of phenols is 3. The van der Waals surface area contributed by atoms with Crippen LogP contribution in [0.2, 0.25) is 0 Å². The molecule has 0 saturated carbocycles. The lowest BCUT2D eigenvalue weighted by Gasteiger charge is -2.13. The maximum atomic E-state index is 9.70. The Bertz CT molecular complexity index is 597. The van der Waals surface area contributed by atoms with Gasteiger partial charge in [0.15, 0.2) is 11.5 Å². The number of phenolic OH excluding ortho intramolecular Hbond substituents is 3. The van der Waals surface area contributed by atoms with E-state index in [0.717, 1.165) is 11.5 Å². The number of aromatic nitrogens is 1. The second-order valence-corrected chi connectivity index (χ2v) is 4.59. The summed E-state index contributed by atoms with van der Waals surface area (Å²) in [4.78, 5) is 6.15. The summed E-state index contributed by atoms with van der Waals surface area (Å²) in [6.07, 6.45) is 1.69. The number of benzene rings is 1. The molecule has 2 rings (SSSR count). The first kappa shape index (κ1) is 13.8. The second kappa shape index (κ2) is 5.56. The van der Waals surface area contributed by atoms with Crippen LogP contribution in [0.1, 0.15) is 5.56 Å². The van der Waals surface area contributed by atoms with Crippen LogP contribution in [0.5, 0.6) is 17.2 Å². The molecule has 1 aromatic heterocycles. The molecule has 2 aromatic rings. The van der Waals surface area contributed by atoms with Gasteiger partial charge in [0.2, 0.25) is 5.75 Å². The molecule has 0 radical (unpaired) electrons. The third-order valence-electron chi connectivity index (χ3n) is 2.90. The number of nitrogens with zero attached hydrogens (tertiary/aromatic N) is 2. The molecule has 1 aromatic carbocycles. The molecule has 6 heteroatoms. The Labute approximate surface area is 116 Å². The van der Waals surface area contributed by atoms with Gasteiger partial charge < -0.3 is 25.5 Å². The van der Waals surface area contributed by atoms with Crippen molar-refractivity contribution in [3.63, 3.8) is 0 Å². The minimum Gasteiger partial charge on any atom is -0.504 e. The van der Waals surface area contributed by atoms with Crippen LogP contribution in [0.4, 0.5) is 11.5 Å². The molecule has 0 atom stereocenters. The van der Waals surface area contributed by atoms with Crippen LogP contribution in [0.25, 0.3) is 0 Å². The van der Waals surface area contributed by atoms with Crippen molar-refractivity contribution in [2.45, 2.75) is 6.54 Å². The molecule has 6 nitrogen and oxygen atoms in total. The van der Waals surface area contributed by atoms with Crippen molar-refractivity contribution < 1.29 is 15.3 Å². The van der Waals surface area contributed by atoms with Gasteiger partial charge in [0.05, 0.1) is 11.9 Å². The predicted molar refractivity (Wildman–Crippen MR) is 77.3 cm³/mol. The summed E-state index contributed by atoms with van der Waals surface area (Å²) < 4.78 is 0. The van der Waals surface area contributed by atoms with Gasteiger partial charge in [-0.05, 0) is 24.3 Å². The minimum absolute atomic E-state index is 0.308. The number of anilines is 2. The molecular weight excluding hydrogens is 258 g/mol. The Morgan fingerprint density at radius 3 is 2.40 bits per heavy atom. The smallest absolute Gasteiger partial charge is 0.200 e. The van der Waals surface area contributed by atoms with Crippen LogP contribution in [-0.2, 0) is 6.54 Å². The van der Waals surface area contributed by atoms with Gasteiger partial charge in [-0.1, -0.05) is 0 Å². The van der Waals surface area contributed by atoms with E-state index in [1.807, 2.05) is 31.1 Å². The van der Waals surface area contributed by atoms with Crippen molar-refractivity contribution in [3.8, 4) is 17.2 Å². The lowest BCUT2D eigenvalue weighted by Crippen LogP contribution is -2.10. The standard InChI is InChI=1S/C14H17N3O3/c1-17(2)12-6-4-10(8-16-12)15-7-9-3-5-11(18)14(20)13(9)19/h3-6,8,15,18-20H,7H2,1-2H3. The monoisotopic (exact) mass is 275 g/mol. The average Bonchev–Trinajstić information content (AvgIpc) is 2.44. The van der Waals surface area contributed by atoms with E-state index in [-0.39, 0.29) is 11.5 Å². The zero-order valence-corrected chi connectivity index (χ0v) is 11.3. The fraction of sp³-hybridized carbons (Fsp3) is 0.214. The van der Waals surface area contributed by atoms with Crippen molar-refractivity contribution in [3.05, 3.63) is 36.0 Å². The molecule has 0 saturated heterocycles. The van der Waals surface area contributed by atoms with Gasteiger partial charge in [-0.2, -0.15) is 0 Å². The molecule has 0 aliphatic carbocycles. The number of pyridine rings is 1. The number of hydrogen-bond donors (Lipinski definition) is 4. The summed E-state index contributed by atoms with van der Waals surface area (Å²) in [5.41, 5.74) is 1.28. The molecule has 0 bridgehead atoms. The van der Waals surface area contributed by atoms with Gasteiger partial charge in [-0.3, -0.25) is 0 Å². The minimum atomic E-state index is -0.509. The third-order valence-corrected chi connectivity index (χ3v) is 2.90. The number of rotatable bonds is 4. The average molecular weight is 275 g/mol. The first-order chi connectivity index (χ1) is 9.49. The highest BCUT2D eigenvalue weighted by Crippen LogP contribution is 2.37. The predicted octanol–water partition coefficient (Wildman–Crippen LogP) is 1.88. The van der Waals surface area contributed by atoms with E-state index in [9.17, 15) is 15.3 Å². The number of nitrogens with one attached hydrogen (secondary N) is 1. The van der Waals surface area contributed by atoms with E-state index >= 15 is 0 Å². The van der Waals surface area contributed by atoms with E-state index < -0.39 is 5.75 Å². The molecule has 4 N–H and O–H groups in total. The summed E-state index contributed by atoms with van der Waals surface area (Å²) in [5.74, 6) is -0.329. The van der Waals surface area contributed by atoms with Crippen molar-refractivity contribution in [1.82, 2.24) is 4.98 Å². The van der Waals surface area contributed by atoms with Gasteiger partial charge in [-0.15, -0.1) is 0 Å². The molecule has 1 heterocycles. The van der Waals surface area contributed by atoms with Crippen LogP contribution in [0.15, 0.2) is 30.5 Å². The van der Waals surface area contributed by atoms with E-state index in [0.29, 0.717) is 12.1 Å². The highest BCUT2D eigenvalue weighted by molar-refractivity contribution is 5.55. The Morgan fingerprint density at radius 1 is 1.05 bits per heavy atom. The van der Waals surface area contributed by atoms with Crippen molar-refractivity contribution in [1.29, 1.82) is 0 Å². The molecule has 20 heavy (non-hydrogen) atoms. The van der Waals surface area contributed by atoms with E-state index in [2.05, 4.69) is 10.3 Å². The fourth-order valence-corrected chi connectivity index (χ4v) is 1.71. The van der Waals surface area contributed by atoms with Gasteiger partial charge in [0.1, 0.15) is 5.82 Å². The van der Waals surface area contributed by atoms with Crippen LogP contribution in [-0.4, -0.2) is 34.4 Å². The fourth-order valence-electron chi connectivity index (χ4n) is 1.71. The maximum absolute atomic E-state index is 9.70. The van der Waals surface area contributed by atoms with E-state index in [1.54, 1.807) is 12.3 Å².